The van der Waals surface area contributed by atoms with Crippen molar-refractivity contribution in [3.63, 3.8) is 0 Å². The SMILES string of the molecule is Cc1cccc2cc(CN(Cc3ccc(F)cc3)C(=S)N[C@H](C)c3ccccc3)c(=O)[nH]c12. The molecular formula is C27H26FN3OS. The van der Waals surface area contributed by atoms with Crippen LogP contribution in [0.25, 0.3) is 10.9 Å². The van der Waals surface area contributed by atoms with E-state index in [1.807, 2.05) is 73.3 Å². The summed E-state index contributed by atoms with van der Waals surface area (Å²) in [6, 6.07) is 24.2. The summed E-state index contributed by atoms with van der Waals surface area (Å²) in [4.78, 5) is 17.8. The van der Waals surface area contributed by atoms with E-state index in [0.29, 0.717) is 23.8 Å². The summed E-state index contributed by atoms with van der Waals surface area (Å²) < 4.78 is 13.4. The van der Waals surface area contributed by atoms with Crippen LogP contribution in [0, 0.1) is 12.7 Å². The molecule has 4 aromatic rings. The van der Waals surface area contributed by atoms with Crippen molar-refractivity contribution in [3.8, 4) is 0 Å². The highest BCUT2D eigenvalue weighted by Gasteiger charge is 2.17. The molecular weight excluding hydrogens is 433 g/mol. The minimum Gasteiger partial charge on any atom is -0.356 e. The number of pyridine rings is 1. The molecule has 0 saturated carbocycles. The molecule has 33 heavy (non-hydrogen) atoms. The number of H-pyrrole nitrogens is 1. The zero-order chi connectivity index (χ0) is 23.4. The quantitative estimate of drug-likeness (QED) is 0.368. The van der Waals surface area contributed by atoms with Gasteiger partial charge >= 0.3 is 0 Å². The van der Waals surface area contributed by atoms with Gasteiger partial charge in [-0.3, -0.25) is 4.79 Å². The van der Waals surface area contributed by atoms with Crippen molar-refractivity contribution in [3.05, 3.63) is 117 Å². The van der Waals surface area contributed by atoms with Gasteiger partial charge in [0.1, 0.15) is 5.82 Å². The van der Waals surface area contributed by atoms with Crippen LogP contribution >= 0.6 is 12.2 Å². The highest BCUT2D eigenvalue weighted by molar-refractivity contribution is 7.80. The van der Waals surface area contributed by atoms with Crippen molar-refractivity contribution in [2.24, 2.45) is 0 Å². The Morgan fingerprint density at radius 2 is 1.76 bits per heavy atom. The predicted octanol–water partition coefficient (Wildman–Crippen LogP) is 5.61. The largest absolute Gasteiger partial charge is 0.356 e. The molecule has 0 aliphatic carbocycles. The van der Waals surface area contributed by atoms with E-state index in [9.17, 15) is 9.18 Å². The molecule has 6 heteroatoms. The van der Waals surface area contributed by atoms with E-state index in [0.717, 1.165) is 27.6 Å². The normalized spacial score (nSPS) is 11.8. The lowest BCUT2D eigenvalue weighted by Gasteiger charge is -2.28. The molecule has 0 radical (unpaired) electrons. The summed E-state index contributed by atoms with van der Waals surface area (Å²) in [5.41, 5.74) is 4.36. The van der Waals surface area contributed by atoms with E-state index in [-0.39, 0.29) is 17.4 Å². The van der Waals surface area contributed by atoms with Crippen LogP contribution in [-0.2, 0) is 13.1 Å². The van der Waals surface area contributed by atoms with E-state index < -0.39 is 0 Å². The number of hydrogen-bond acceptors (Lipinski definition) is 2. The van der Waals surface area contributed by atoms with Gasteiger partial charge in [0.2, 0.25) is 0 Å². The molecule has 0 aliphatic rings. The van der Waals surface area contributed by atoms with E-state index in [1.165, 1.54) is 12.1 Å². The van der Waals surface area contributed by atoms with Gasteiger partial charge in [0.25, 0.3) is 5.56 Å². The van der Waals surface area contributed by atoms with Crippen molar-refractivity contribution < 1.29 is 4.39 Å². The third kappa shape index (κ3) is 5.46. The maximum absolute atomic E-state index is 13.4. The number of aryl methyl sites for hydroxylation is 1. The van der Waals surface area contributed by atoms with Crippen LogP contribution in [0.15, 0.2) is 83.7 Å². The second-order valence-corrected chi connectivity index (χ2v) is 8.61. The Morgan fingerprint density at radius 3 is 2.48 bits per heavy atom. The minimum absolute atomic E-state index is 0.00745. The van der Waals surface area contributed by atoms with Gasteiger partial charge in [-0.25, -0.2) is 4.39 Å². The summed E-state index contributed by atoms with van der Waals surface area (Å²) in [6.07, 6.45) is 0. The smallest absolute Gasteiger partial charge is 0.253 e. The molecule has 168 valence electrons. The van der Waals surface area contributed by atoms with Gasteiger partial charge < -0.3 is 15.2 Å². The van der Waals surface area contributed by atoms with Crippen LogP contribution < -0.4 is 10.9 Å². The average Bonchev–Trinajstić information content (AvgIpc) is 2.81. The van der Waals surface area contributed by atoms with Crippen LogP contribution in [0.3, 0.4) is 0 Å². The number of rotatable bonds is 6. The zero-order valence-corrected chi connectivity index (χ0v) is 19.5. The number of para-hydroxylation sites is 1. The van der Waals surface area contributed by atoms with Gasteiger partial charge in [-0.05, 0) is 66.3 Å². The maximum atomic E-state index is 13.4. The van der Waals surface area contributed by atoms with Crippen LogP contribution in [0.1, 0.15) is 35.2 Å². The molecule has 4 rings (SSSR count). The molecule has 0 amide bonds. The first kappa shape index (κ1) is 22.7. The number of thiocarbonyl (C=S) groups is 1. The van der Waals surface area contributed by atoms with E-state index >= 15 is 0 Å². The molecule has 0 unspecified atom stereocenters. The van der Waals surface area contributed by atoms with Gasteiger partial charge in [0.05, 0.1) is 18.1 Å². The molecule has 4 nitrogen and oxygen atoms in total. The molecule has 0 saturated heterocycles. The van der Waals surface area contributed by atoms with Crippen molar-refractivity contribution in [2.75, 3.05) is 0 Å². The first-order valence-corrected chi connectivity index (χ1v) is 11.3. The van der Waals surface area contributed by atoms with Crippen molar-refractivity contribution in [2.45, 2.75) is 33.0 Å². The van der Waals surface area contributed by atoms with Crippen LogP contribution in [0.4, 0.5) is 4.39 Å². The predicted molar refractivity (Wildman–Crippen MR) is 136 cm³/mol. The number of fused-ring (bicyclic) bond motifs is 1. The molecule has 1 heterocycles. The van der Waals surface area contributed by atoms with Crippen molar-refractivity contribution >= 4 is 28.2 Å². The van der Waals surface area contributed by atoms with E-state index in [4.69, 9.17) is 12.2 Å². The minimum atomic E-state index is -0.287. The van der Waals surface area contributed by atoms with Gasteiger partial charge in [-0.1, -0.05) is 60.7 Å². The van der Waals surface area contributed by atoms with Gasteiger partial charge in [-0.2, -0.15) is 0 Å². The molecule has 0 bridgehead atoms. The Bertz CT molecular complexity index is 1320. The number of benzene rings is 3. The number of nitrogens with zero attached hydrogens (tertiary/aromatic N) is 1. The number of nitrogens with one attached hydrogen (secondary N) is 2. The first-order chi connectivity index (χ1) is 15.9. The summed E-state index contributed by atoms with van der Waals surface area (Å²) in [7, 11) is 0. The number of hydrogen-bond donors (Lipinski definition) is 2. The first-order valence-electron chi connectivity index (χ1n) is 10.9. The molecule has 0 aliphatic heterocycles. The standard InChI is InChI=1S/C27H26FN3OS/c1-18-7-6-10-22-15-23(26(32)30-25(18)22)17-31(16-20-11-13-24(28)14-12-20)27(33)29-19(2)21-8-4-3-5-9-21/h3-15,19H,16-17H2,1-2H3,(H,29,33)(H,30,32)/t19-/m1/s1. The lowest BCUT2D eigenvalue weighted by molar-refractivity contribution is 0.392. The molecule has 1 aromatic heterocycles. The third-order valence-corrected chi connectivity index (χ3v) is 6.12. The van der Waals surface area contributed by atoms with E-state index in [1.54, 1.807) is 12.1 Å². The Kier molecular flexibility index (Phi) is 6.84. The maximum Gasteiger partial charge on any atom is 0.253 e. The molecule has 1 atom stereocenters. The third-order valence-electron chi connectivity index (χ3n) is 5.74. The second-order valence-electron chi connectivity index (χ2n) is 8.23. The topological polar surface area (TPSA) is 48.1 Å². The van der Waals surface area contributed by atoms with Crippen LogP contribution in [-0.4, -0.2) is 15.0 Å². The summed E-state index contributed by atoms with van der Waals surface area (Å²) >= 11 is 5.76. The fourth-order valence-electron chi connectivity index (χ4n) is 3.86. The molecule has 3 aromatic carbocycles. The highest BCUT2D eigenvalue weighted by Crippen LogP contribution is 2.18. The Labute approximate surface area is 198 Å². The number of halogens is 1. The highest BCUT2D eigenvalue weighted by atomic mass is 32.1. The van der Waals surface area contributed by atoms with Gasteiger partial charge in [0, 0.05) is 12.1 Å². The van der Waals surface area contributed by atoms with Crippen LogP contribution in [0.5, 0.6) is 0 Å². The summed E-state index contributed by atoms with van der Waals surface area (Å²) in [5.74, 6) is -0.287. The number of aromatic amines is 1. The lowest BCUT2D eigenvalue weighted by atomic mass is 10.1. The zero-order valence-electron chi connectivity index (χ0n) is 18.6. The second kappa shape index (κ2) is 9.96. The van der Waals surface area contributed by atoms with Gasteiger partial charge in [0.15, 0.2) is 5.11 Å². The van der Waals surface area contributed by atoms with E-state index in [2.05, 4.69) is 10.3 Å². The van der Waals surface area contributed by atoms with Crippen molar-refractivity contribution in [1.82, 2.24) is 15.2 Å². The number of aromatic nitrogens is 1. The molecule has 0 fully saturated rings. The fourth-order valence-corrected chi connectivity index (χ4v) is 4.17. The van der Waals surface area contributed by atoms with Gasteiger partial charge in [-0.15, -0.1) is 0 Å². The Hall–Kier alpha value is -3.51. The Balaban J connectivity index is 1.63. The lowest BCUT2D eigenvalue weighted by Crippen LogP contribution is -2.41. The molecule has 0 spiro atoms. The fraction of sp³-hybridized carbons (Fsp3) is 0.185. The summed E-state index contributed by atoms with van der Waals surface area (Å²) in [6.45, 7) is 4.79. The van der Waals surface area contributed by atoms with Crippen LogP contribution in [0.2, 0.25) is 0 Å². The summed E-state index contributed by atoms with van der Waals surface area (Å²) in [5, 5.41) is 4.89. The monoisotopic (exact) mass is 459 g/mol. The Morgan fingerprint density at radius 1 is 1.03 bits per heavy atom. The average molecular weight is 460 g/mol. The van der Waals surface area contributed by atoms with Crippen molar-refractivity contribution in [1.29, 1.82) is 0 Å². The molecule has 2 N–H and O–H groups in total.